The van der Waals surface area contributed by atoms with Crippen LogP contribution in [0.5, 0.6) is 28.7 Å². The van der Waals surface area contributed by atoms with Gasteiger partial charge in [-0.25, -0.2) is 0 Å². The minimum absolute atomic E-state index is 0.0667. The van der Waals surface area contributed by atoms with Crippen molar-refractivity contribution < 1.29 is 24.4 Å². The number of phenolic OH excluding ortho intramolecular Hbond substituents is 2. The van der Waals surface area contributed by atoms with E-state index in [1.807, 2.05) is 0 Å². The number of benzene rings is 2. The van der Waals surface area contributed by atoms with Crippen LogP contribution in [0.3, 0.4) is 0 Å². The first-order valence-electron chi connectivity index (χ1n) is 6.70. The van der Waals surface area contributed by atoms with Crippen LogP contribution in [0.25, 0.3) is 0 Å². The van der Waals surface area contributed by atoms with E-state index in [4.69, 9.17) is 14.2 Å². The average molecular weight is 286 g/mol. The van der Waals surface area contributed by atoms with Crippen LogP contribution in [-0.2, 0) is 0 Å². The van der Waals surface area contributed by atoms with Crippen molar-refractivity contribution in [2.45, 2.75) is 12.0 Å². The van der Waals surface area contributed by atoms with Crippen molar-refractivity contribution in [3.63, 3.8) is 0 Å². The Bertz CT molecular complexity index is 725. The molecule has 108 valence electrons. The Labute approximate surface area is 121 Å². The first kappa shape index (κ1) is 12.2. The van der Waals surface area contributed by atoms with Gasteiger partial charge >= 0.3 is 0 Å². The van der Waals surface area contributed by atoms with E-state index in [0.717, 1.165) is 11.1 Å². The third-order valence-corrected chi connectivity index (χ3v) is 4.04. The number of ether oxygens (including phenoxy) is 3. The Kier molecular flexibility index (Phi) is 2.45. The Balaban J connectivity index is 1.82. The van der Waals surface area contributed by atoms with E-state index in [2.05, 4.69) is 0 Å². The summed E-state index contributed by atoms with van der Waals surface area (Å²) in [5.74, 6) is 2.04. The predicted molar refractivity (Wildman–Crippen MR) is 74.4 cm³/mol. The van der Waals surface area contributed by atoms with Gasteiger partial charge in [-0.2, -0.15) is 0 Å². The van der Waals surface area contributed by atoms with Crippen LogP contribution in [-0.4, -0.2) is 23.9 Å². The number of phenols is 2. The number of methoxy groups -OCH3 is 1. The Morgan fingerprint density at radius 2 is 2.00 bits per heavy atom. The summed E-state index contributed by atoms with van der Waals surface area (Å²) in [6.45, 7) is 0.397. The van der Waals surface area contributed by atoms with Gasteiger partial charge in [0.25, 0.3) is 0 Å². The Morgan fingerprint density at radius 3 is 2.81 bits per heavy atom. The first-order chi connectivity index (χ1) is 10.2. The van der Waals surface area contributed by atoms with Gasteiger partial charge in [-0.15, -0.1) is 0 Å². The van der Waals surface area contributed by atoms with Crippen molar-refractivity contribution >= 4 is 0 Å². The van der Waals surface area contributed by atoms with Gasteiger partial charge in [-0.3, -0.25) is 0 Å². The second-order valence-electron chi connectivity index (χ2n) is 5.24. The molecule has 0 radical (unpaired) electrons. The average Bonchev–Trinajstić information content (AvgIpc) is 2.85. The molecule has 5 nitrogen and oxygen atoms in total. The monoisotopic (exact) mass is 286 g/mol. The van der Waals surface area contributed by atoms with Crippen molar-refractivity contribution in [1.29, 1.82) is 0 Å². The van der Waals surface area contributed by atoms with Crippen LogP contribution in [0, 0.1) is 0 Å². The number of hydrogen-bond acceptors (Lipinski definition) is 5. The highest BCUT2D eigenvalue weighted by Crippen LogP contribution is 2.55. The first-order valence-corrected chi connectivity index (χ1v) is 6.70. The van der Waals surface area contributed by atoms with Crippen molar-refractivity contribution in [2.24, 2.45) is 0 Å². The van der Waals surface area contributed by atoms with Crippen LogP contribution >= 0.6 is 0 Å². The van der Waals surface area contributed by atoms with E-state index in [-0.39, 0.29) is 23.5 Å². The maximum atomic E-state index is 10.2. The molecule has 2 aromatic rings. The van der Waals surface area contributed by atoms with Gasteiger partial charge in [0.05, 0.1) is 19.6 Å². The standard InChI is InChI=1S/C16H14O5/c1-19-9-5-12(18)15-11-7-20-13-4-8(17)2-3-10(13)16(11)21-14(15)6-9/h2-6,11,16-18H,7H2,1H3/t11-,16-/m0/s1. The van der Waals surface area contributed by atoms with Crippen LogP contribution < -0.4 is 14.2 Å². The lowest BCUT2D eigenvalue weighted by Gasteiger charge is -2.27. The molecule has 0 aliphatic carbocycles. The van der Waals surface area contributed by atoms with Crippen LogP contribution in [0.1, 0.15) is 23.1 Å². The molecule has 2 heterocycles. The molecule has 0 saturated carbocycles. The molecule has 0 saturated heterocycles. The zero-order valence-corrected chi connectivity index (χ0v) is 11.4. The van der Waals surface area contributed by atoms with Crippen LogP contribution in [0.15, 0.2) is 30.3 Å². The second kappa shape index (κ2) is 4.22. The van der Waals surface area contributed by atoms with Gasteiger partial charge in [0.1, 0.15) is 34.9 Å². The fraction of sp³-hybridized carbons (Fsp3) is 0.250. The lowest BCUT2D eigenvalue weighted by molar-refractivity contribution is 0.138. The number of hydrogen-bond donors (Lipinski definition) is 2. The third kappa shape index (κ3) is 1.70. The second-order valence-corrected chi connectivity index (χ2v) is 5.24. The molecular formula is C16H14O5. The van der Waals surface area contributed by atoms with E-state index < -0.39 is 0 Å². The van der Waals surface area contributed by atoms with Crippen LogP contribution in [0.2, 0.25) is 0 Å². The summed E-state index contributed by atoms with van der Waals surface area (Å²) in [4.78, 5) is 0. The topological polar surface area (TPSA) is 68.2 Å². The molecule has 0 aromatic heterocycles. The molecule has 0 fully saturated rings. The van der Waals surface area contributed by atoms with Gasteiger partial charge in [0.15, 0.2) is 0 Å². The maximum absolute atomic E-state index is 10.2. The fourth-order valence-electron chi connectivity index (χ4n) is 3.06. The minimum atomic E-state index is -0.220. The molecule has 0 amide bonds. The van der Waals surface area contributed by atoms with E-state index in [0.29, 0.717) is 23.9 Å². The van der Waals surface area contributed by atoms with Gasteiger partial charge in [-0.1, -0.05) is 0 Å². The molecule has 2 atom stereocenters. The summed E-state index contributed by atoms with van der Waals surface area (Å²) < 4.78 is 16.9. The summed E-state index contributed by atoms with van der Waals surface area (Å²) in [6.07, 6.45) is -0.220. The molecule has 2 N–H and O–H groups in total. The van der Waals surface area contributed by atoms with E-state index in [1.54, 1.807) is 37.4 Å². The molecule has 0 unspecified atom stereocenters. The molecule has 2 aromatic carbocycles. The van der Waals surface area contributed by atoms with Gasteiger partial charge in [-0.05, 0) is 12.1 Å². The maximum Gasteiger partial charge on any atom is 0.138 e. The molecule has 0 bridgehead atoms. The van der Waals surface area contributed by atoms with Gasteiger partial charge < -0.3 is 24.4 Å². The summed E-state index contributed by atoms with van der Waals surface area (Å²) in [5, 5.41) is 19.8. The highest BCUT2D eigenvalue weighted by atomic mass is 16.5. The quantitative estimate of drug-likeness (QED) is 0.843. The largest absolute Gasteiger partial charge is 0.508 e. The van der Waals surface area contributed by atoms with Crippen LogP contribution in [0.4, 0.5) is 0 Å². The van der Waals surface area contributed by atoms with Gasteiger partial charge in [0.2, 0.25) is 0 Å². The SMILES string of the molecule is COc1cc(O)c2c(c1)O[C@H]1c3ccc(O)cc3OC[C@@H]21. The lowest BCUT2D eigenvalue weighted by Crippen LogP contribution is -2.23. The minimum Gasteiger partial charge on any atom is -0.508 e. The lowest BCUT2D eigenvalue weighted by atomic mass is 9.89. The molecule has 21 heavy (non-hydrogen) atoms. The van der Waals surface area contributed by atoms with Crippen molar-refractivity contribution in [3.05, 3.63) is 41.5 Å². The summed E-state index contributed by atoms with van der Waals surface area (Å²) >= 11 is 0. The predicted octanol–water partition coefficient (Wildman–Crippen LogP) is 2.72. The molecular weight excluding hydrogens is 272 g/mol. The zero-order valence-electron chi connectivity index (χ0n) is 11.4. The van der Waals surface area contributed by atoms with E-state index in [1.165, 1.54) is 0 Å². The van der Waals surface area contributed by atoms with E-state index in [9.17, 15) is 10.2 Å². The Hall–Kier alpha value is -2.56. The highest BCUT2D eigenvalue weighted by Gasteiger charge is 2.42. The number of aromatic hydroxyl groups is 2. The zero-order chi connectivity index (χ0) is 14.6. The number of fused-ring (bicyclic) bond motifs is 5. The summed E-state index contributed by atoms with van der Waals surface area (Å²) in [6, 6.07) is 8.34. The molecule has 5 heteroatoms. The molecule has 4 rings (SSSR count). The molecule has 2 aliphatic rings. The normalized spacial score (nSPS) is 21.6. The number of rotatable bonds is 1. The Morgan fingerprint density at radius 1 is 1.14 bits per heavy atom. The van der Waals surface area contributed by atoms with Crippen molar-refractivity contribution in [2.75, 3.05) is 13.7 Å². The molecule has 0 spiro atoms. The molecule has 2 aliphatic heterocycles. The van der Waals surface area contributed by atoms with E-state index >= 15 is 0 Å². The van der Waals surface area contributed by atoms with Crippen molar-refractivity contribution in [1.82, 2.24) is 0 Å². The third-order valence-electron chi connectivity index (χ3n) is 4.04. The summed E-state index contributed by atoms with van der Waals surface area (Å²) in [7, 11) is 1.55. The fourth-order valence-corrected chi connectivity index (χ4v) is 3.06. The highest BCUT2D eigenvalue weighted by molar-refractivity contribution is 5.57. The smallest absolute Gasteiger partial charge is 0.138 e. The summed E-state index contributed by atoms with van der Waals surface area (Å²) in [5.41, 5.74) is 1.62. The van der Waals surface area contributed by atoms with Gasteiger partial charge in [0, 0.05) is 29.3 Å². The van der Waals surface area contributed by atoms with Crippen molar-refractivity contribution in [3.8, 4) is 28.7 Å².